The highest BCUT2D eigenvalue weighted by Crippen LogP contribution is 2.40. The van der Waals surface area contributed by atoms with Crippen LogP contribution in [0.3, 0.4) is 0 Å². The Morgan fingerprint density at radius 2 is 1.53 bits per heavy atom. The molecule has 13 nitrogen and oxygen atoms in total. The number of piperazine rings is 1. The summed E-state index contributed by atoms with van der Waals surface area (Å²) in [6.07, 6.45) is 1.73. The number of carboxylic acid groups (broad SMARTS) is 2. The van der Waals surface area contributed by atoms with Crippen LogP contribution in [0.2, 0.25) is 0 Å². The van der Waals surface area contributed by atoms with Crippen LogP contribution >= 0.6 is 0 Å². The first-order valence-corrected chi connectivity index (χ1v) is 12.4. The van der Waals surface area contributed by atoms with E-state index in [1.165, 1.54) is 0 Å². The van der Waals surface area contributed by atoms with Crippen molar-refractivity contribution in [2.45, 2.75) is 25.0 Å². The number of carbonyl (C=O) groups is 2. The third-order valence-electron chi connectivity index (χ3n) is 7.45. The fraction of sp³-hybridized carbons (Fsp3) is 0.739. The fourth-order valence-corrected chi connectivity index (χ4v) is 5.65. The number of nitrogens with two attached hydrogens (primary N) is 1. The Bertz CT molecular complexity index is 829. The summed E-state index contributed by atoms with van der Waals surface area (Å²) in [7, 11) is 2.18. The van der Waals surface area contributed by atoms with Gasteiger partial charge in [-0.05, 0) is 31.7 Å². The monoisotopic (exact) mass is 509 g/mol. The van der Waals surface area contributed by atoms with Crippen LogP contribution in [-0.2, 0) is 14.3 Å². The van der Waals surface area contributed by atoms with E-state index in [9.17, 15) is 5.11 Å². The van der Waals surface area contributed by atoms with Crippen molar-refractivity contribution >= 4 is 30.5 Å². The summed E-state index contributed by atoms with van der Waals surface area (Å²) in [6, 6.07) is 2.19. The Morgan fingerprint density at radius 1 is 0.944 bits per heavy atom. The normalized spacial score (nSPS) is 28.7. The largest absolute Gasteiger partial charge is 0.483 e. The van der Waals surface area contributed by atoms with Gasteiger partial charge < -0.3 is 40.5 Å². The molecule has 4 atom stereocenters. The molecule has 0 aromatic carbocycles. The van der Waals surface area contributed by atoms with Crippen molar-refractivity contribution in [1.29, 1.82) is 0 Å². The highest BCUT2D eigenvalue weighted by atomic mass is 16.5. The molecular formula is C23H39N7O6. The molecule has 0 amide bonds. The first kappa shape index (κ1) is 27.8. The van der Waals surface area contributed by atoms with Crippen LogP contribution in [0.5, 0.6) is 0 Å². The van der Waals surface area contributed by atoms with Crippen molar-refractivity contribution in [3.8, 4) is 0 Å². The van der Waals surface area contributed by atoms with Crippen molar-refractivity contribution in [3.05, 3.63) is 6.07 Å². The number of aromatic nitrogens is 2. The van der Waals surface area contributed by atoms with Crippen LogP contribution in [0.1, 0.15) is 12.8 Å². The molecule has 1 aromatic rings. The molecule has 0 spiro atoms. The van der Waals surface area contributed by atoms with Gasteiger partial charge >= 0.3 is 0 Å². The predicted octanol–water partition coefficient (Wildman–Crippen LogP) is -0.880. The summed E-state index contributed by atoms with van der Waals surface area (Å²) in [6.45, 7) is 8.73. The van der Waals surface area contributed by atoms with E-state index in [4.69, 9.17) is 35.3 Å². The van der Waals surface area contributed by atoms with Crippen LogP contribution in [-0.4, -0.2) is 133 Å². The number of nitrogens with zero attached hydrogens (tertiary/aromatic N) is 6. The Labute approximate surface area is 211 Å². The molecular weight excluding hydrogens is 470 g/mol. The number of fused-ring (bicyclic) bond motifs is 1. The number of ether oxygens (including phenoxy) is 1. The summed E-state index contributed by atoms with van der Waals surface area (Å²) in [5.41, 5.74) is 6.15. The van der Waals surface area contributed by atoms with Crippen LogP contribution in [0.25, 0.3) is 0 Å². The second-order valence-electron chi connectivity index (χ2n) is 9.63. The van der Waals surface area contributed by atoms with Gasteiger partial charge in [0.2, 0.25) is 5.95 Å². The molecule has 202 valence electrons. The van der Waals surface area contributed by atoms with Crippen LogP contribution in [0.15, 0.2) is 6.07 Å². The van der Waals surface area contributed by atoms with Gasteiger partial charge in [-0.25, -0.2) is 0 Å². The molecule has 5 rings (SSSR count). The number of rotatable bonds is 3. The lowest BCUT2D eigenvalue weighted by molar-refractivity contribution is -0.123. The molecule has 5 N–H and O–H groups in total. The fourth-order valence-electron chi connectivity index (χ4n) is 5.65. The van der Waals surface area contributed by atoms with E-state index in [0.717, 1.165) is 71.0 Å². The summed E-state index contributed by atoms with van der Waals surface area (Å²) < 4.78 is 5.45. The lowest BCUT2D eigenvalue weighted by Crippen LogP contribution is -2.55. The zero-order chi connectivity index (χ0) is 26.1. The van der Waals surface area contributed by atoms with E-state index in [-0.39, 0.29) is 19.0 Å². The van der Waals surface area contributed by atoms with Crippen molar-refractivity contribution in [3.63, 3.8) is 0 Å². The standard InChI is InChI=1S/C21H35N7O2.2CH2O2/c1-25-2-4-26(5-3-25)17-10-15-13-28(14-16(15)11-18(17)29)20-12-19(22)23-21(24-20)27-6-8-30-9-7-27;2*2-1-3/h12,15-18,29H,2-11,13-14H2,1H3,(H2,22,23,24);2*1H,(H,2,3)/t15-,16+,17-,18-;;/m1../s1. The van der Waals surface area contributed by atoms with Gasteiger partial charge in [0.15, 0.2) is 0 Å². The topological polar surface area (TPSA) is 169 Å². The molecule has 0 bridgehead atoms. The van der Waals surface area contributed by atoms with Gasteiger partial charge in [-0.2, -0.15) is 9.97 Å². The average molecular weight is 510 g/mol. The van der Waals surface area contributed by atoms with Crippen molar-refractivity contribution < 1.29 is 29.6 Å². The number of hydrogen-bond donors (Lipinski definition) is 4. The van der Waals surface area contributed by atoms with Crippen LogP contribution < -0.4 is 15.5 Å². The van der Waals surface area contributed by atoms with Gasteiger partial charge in [0.1, 0.15) is 11.6 Å². The molecule has 36 heavy (non-hydrogen) atoms. The highest BCUT2D eigenvalue weighted by Gasteiger charge is 2.44. The molecule has 1 aliphatic carbocycles. The Balaban J connectivity index is 0.000000550. The number of anilines is 3. The molecule has 3 saturated heterocycles. The first-order chi connectivity index (χ1) is 17.4. The molecule has 0 radical (unpaired) electrons. The summed E-state index contributed by atoms with van der Waals surface area (Å²) in [4.78, 5) is 35.5. The van der Waals surface area contributed by atoms with E-state index < -0.39 is 0 Å². The van der Waals surface area contributed by atoms with Gasteiger partial charge in [-0.3, -0.25) is 14.5 Å². The van der Waals surface area contributed by atoms with Crippen LogP contribution in [0.4, 0.5) is 17.6 Å². The molecule has 1 aromatic heterocycles. The third kappa shape index (κ3) is 7.15. The smallest absolute Gasteiger partial charge is 0.290 e. The SMILES string of the molecule is CN1CCN([C@@H]2C[C@@H]3CN(c4cc(N)nc(N5CCOCC5)n4)C[C@@H]3C[C@H]2O)CC1.O=CO.O=CO. The van der Waals surface area contributed by atoms with Gasteiger partial charge in [0.25, 0.3) is 12.9 Å². The predicted molar refractivity (Wildman–Crippen MR) is 134 cm³/mol. The van der Waals surface area contributed by atoms with Crippen molar-refractivity contribution in [2.24, 2.45) is 11.8 Å². The average Bonchev–Trinajstić information content (AvgIpc) is 3.28. The Hall–Kier alpha value is -2.74. The van der Waals surface area contributed by atoms with E-state index in [1.54, 1.807) is 0 Å². The number of nitrogen functional groups attached to an aromatic ring is 1. The molecule has 1 saturated carbocycles. The van der Waals surface area contributed by atoms with Gasteiger partial charge in [-0.1, -0.05) is 0 Å². The van der Waals surface area contributed by atoms with E-state index in [2.05, 4.69) is 31.6 Å². The highest BCUT2D eigenvalue weighted by molar-refractivity contribution is 5.53. The van der Waals surface area contributed by atoms with Crippen LogP contribution in [0, 0.1) is 11.8 Å². The minimum atomic E-state index is -0.250. The maximum absolute atomic E-state index is 10.9. The summed E-state index contributed by atoms with van der Waals surface area (Å²) in [5, 5.41) is 24.7. The van der Waals surface area contributed by atoms with Gasteiger partial charge in [0.05, 0.1) is 19.3 Å². The maximum Gasteiger partial charge on any atom is 0.290 e. The van der Waals surface area contributed by atoms with Crippen molar-refractivity contribution in [2.75, 3.05) is 88.2 Å². The number of aliphatic hydroxyl groups excluding tert-OH is 1. The minimum Gasteiger partial charge on any atom is -0.483 e. The number of morpholine rings is 1. The Kier molecular flexibility index (Phi) is 10.5. The number of hydrogen-bond acceptors (Lipinski definition) is 11. The van der Waals surface area contributed by atoms with E-state index >= 15 is 0 Å². The quantitative estimate of drug-likeness (QED) is 0.371. The lowest BCUT2D eigenvalue weighted by atomic mass is 9.77. The lowest BCUT2D eigenvalue weighted by Gasteiger charge is -2.44. The summed E-state index contributed by atoms with van der Waals surface area (Å²) >= 11 is 0. The first-order valence-electron chi connectivity index (χ1n) is 12.4. The van der Waals surface area contributed by atoms with E-state index in [1.807, 2.05) is 6.07 Å². The molecule has 3 aliphatic heterocycles. The zero-order valence-electron chi connectivity index (χ0n) is 20.9. The van der Waals surface area contributed by atoms with Gasteiger partial charge in [-0.15, -0.1) is 0 Å². The molecule has 4 heterocycles. The van der Waals surface area contributed by atoms with E-state index in [0.29, 0.717) is 42.9 Å². The second kappa shape index (κ2) is 13.5. The second-order valence-corrected chi connectivity index (χ2v) is 9.63. The summed E-state index contributed by atoms with van der Waals surface area (Å²) in [5.74, 6) is 3.27. The molecule has 0 unspecified atom stereocenters. The van der Waals surface area contributed by atoms with Crippen molar-refractivity contribution in [1.82, 2.24) is 19.8 Å². The number of likely N-dealkylation sites (N-methyl/N-ethyl adjacent to an activating group) is 1. The Morgan fingerprint density at radius 3 is 2.14 bits per heavy atom. The zero-order valence-corrected chi connectivity index (χ0v) is 20.9. The maximum atomic E-state index is 10.9. The molecule has 4 fully saturated rings. The number of aliphatic hydroxyl groups is 1. The minimum absolute atomic E-state index is 0.228. The van der Waals surface area contributed by atoms with Gasteiger partial charge in [0, 0.05) is 64.5 Å². The third-order valence-corrected chi connectivity index (χ3v) is 7.45. The molecule has 13 heteroatoms. The molecule has 4 aliphatic rings.